The molecule has 0 aliphatic rings. The van der Waals surface area contributed by atoms with Crippen LogP contribution in [0.4, 0.5) is 5.69 Å². The smallest absolute Gasteiger partial charge is 0.264 e. The molecule has 1 atom stereocenters. The summed E-state index contributed by atoms with van der Waals surface area (Å²) < 4.78 is 56.7. The lowest BCUT2D eigenvalue weighted by Gasteiger charge is -2.25. The van der Waals surface area contributed by atoms with E-state index >= 15 is 0 Å². The fourth-order valence-electron chi connectivity index (χ4n) is 3.69. The standard InChI is InChI=1S/C24H28N2O4S2/c1-17-11-14-22(15-12-17)32(29,30)26(5)24-18(2)13-16-23(19(24)3)31(27,28)25-20(4)21-9-7-6-8-10-21/h6-16,20,25H,1-5H3/t20-/m1/s1. The molecule has 1 N–H and O–H groups in total. The van der Waals surface area contributed by atoms with Gasteiger partial charge in [-0.05, 0) is 62.6 Å². The molecule has 0 aliphatic heterocycles. The first-order valence-corrected chi connectivity index (χ1v) is 13.1. The number of nitrogens with zero attached hydrogens (tertiary/aromatic N) is 1. The lowest BCUT2D eigenvalue weighted by Crippen LogP contribution is -2.30. The topological polar surface area (TPSA) is 83.6 Å². The van der Waals surface area contributed by atoms with Crippen molar-refractivity contribution in [3.63, 3.8) is 0 Å². The molecule has 3 aromatic carbocycles. The van der Waals surface area contributed by atoms with Gasteiger partial charge in [0.1, 0.15) is 0 Å². The number of hydrogen-bond donors (Lipinski definition) is 1. The van der Waals surface area contributed by atoms with Gasteiger partial charge in [-0.3, -0.25) is 4.31 Å². The largest absolute Gasteiger partial charge is 0.269 e. The van der Waals surface area contributed by atoms with Crippen LogP contribution in [0.2, 0.25) is 0 Å². The Balaban J connectivity index is 2.02. The first-order valence-electron chi connectivity index (χ1n) is 10.2. The van der Waals surface area contributed by atoms with E-state index in [2.05, 4.69) is 4.72 Å². The molecule has 0 radical (unpaired) electrons. The third kappa shape index (κ3) is 4.72. The molecule has 0 unspecified atom stereocenters. The van der Waals surface area contributed by atoms with Crippen molar-refractivity contribution in [2.45, 2.75) is 43.5 Å². The quantitative estimate of drug-likeness (QED) is 0.550. The first-order chi connectivity index (χ1) is 14.9. The fourth-order valence-corrected chi connectivity index (χ4v) is 6.48. The Morgan fingerprint density at radius 3 is 2.00 bits per heavy atom. The van der Waals surface area contributed by atoms with Gasteiger partial charge >= 0.3 is 0 Å². The molecule has 6 nitrogen and oxygen atoms in total. The van der Waals surface area contributed by atoms with E-state index in [9.17, 15) is 16.8 Å². The highest BCUT2D eigenvalue weighted by Crippen LogP contribution is 2.33. The van der Waals surface area contributed by atoms with Crippen molar-refractivity contribution in [3.8, 4) is 0 Å². The minimum Gasteiger partial charge on any atom is -0.269 e. The second-order valence-corrected chi connectivity index (χ2v) is 11.5. The van der Waals surface area contributed by atoms with Crippen LogP contribution in [0.15, 0.2) is 76.5 Å². The number of aryl methyl sites for hydroxylation is 2. The number of anilines is 1. The van der Waals surface area contributed by atoms with Crippen LogP contribution in [0.5, 0.6) is 0 Å². The van der Waals surface area contributed by atoms with Crippen LogP contribution in [0.3, 0.4) is 0 Å². The van der Waals surface area contributed by atoms with Crippen LogP contribution in [0, 0.1) is 20.8 Å². The summed E-state index contributed by atoms with van der Waals surface area (Å²) in [7, 11) is -6.32. The lowest BCUT2D eigenvalue weighted by atomic mass is 10.1. The van der Waals surface area contributed by atoms with Crippen molar-refractivity contribution in [1.29, 1.82) is 0 Å². The molecule has 170 valence electrons. The van der Waals surface area contributed by atoms with Crippen LogP contribution in [-0.4, -0.2) is 23.9 Å². The van der Waals surface area contributed by atoms with Gasteiger partial charge in [-0.25, -0.2) is 21.6 Å². The third-order valence-electron chi connectivity index (χ3n) is 5.50. The van der Waals surface area contributed by atoms with Crippen molar-refractivity contribution in [1.82, 2.24) is 4.72 Å². The van der Waals surface area contributed by atoms with E-state index in [-0.39, 0.29) is 9.79 Å². The normalized spacial score (nSPS) is 13.0. The predicted molar refractivity (Wildman–Crippen MR) is 128 cm³/mol. The zero-order valence-corrected chi connectivity index (χ0v) is 20.5. The third-order valence-corrected chi connectivity index (χ3v) is 8.96. The molecule has 0 aromatic heterocycles. The Kier molecular flexibility index (Phi) is 6.78. The van der Waals surface area contributed by atoms with Gasteiger partial charge in [-0.2, -0.15) is 0 Å². The van der Waals surface area contributed by atoms with Gasteiger partial charge in [-0.1, -0.05) is 54.1 Å². The zero-order valence-electron chi connectivity index (χ0n) is 18.8. The van der Waals surface area contributed by atoms with Gasteiger partial charge in [0.25, 0.3) is 10.0 Å². The minimum atomic E-state index is -3.90. The van der Waals surface area contributed by atoms with E-state index in [0.717, 1.165) is 15.4 Å². The monoisotopic (exact) mass is 472 g/mol. The second kappa shape index (κ2) is 9.05. The molecule has 8 heteroatoms. The summed E-state index contributed by atoms with van der Waals surface area (Å²) in [4.78, 5) is 0.195. The highest BCUT2D eigenvalue weighted by atomic mass is 32.2. The molecule has 0 aliphatic carbocycles. The summed E-state index contributed by atoms with van der Waals surface area (Å²) in [6.07, 6.45) is 0. The number of benzene rings is 3. The maximum Gasteiger partial charge on any atom is 0.264 e. The van der Waals surface area contributed by atoms with Crippen LogP contribution in [0.25, 0.3) is 0 Å². The second-order valence-electron chi connectivity index (χ2n) is 7.89. The molecule has 32 heavy (non-hydrogen) atoms. The van der Waals surface area contributed by atoms with E-state index in [1.165, 1.54) is 13.1 Å². The van der Waals surface area contributed by atoms with Crippen LogP contribution < -0.4 is 9.03 Å². The average molecular weight is 473 g/mol. The van der Waals surface area contributed by atoms with Gasteiger partial charge < -0.3 is 0 Å². The number of rotatable bonds is 7. The Morgan fingerprint density at radius 2 is 1.41 bits per heavy atom. The van der Waals surface area contributed by atoms with Crippen LogP contribution >= 0.6 is 0 Å². The van der Waals surface area contributed by atoms with Gasteiger partial charge in [-0.15, -0.1) is 0 Å². The van der Waals surface area contributed by atoms with Crippen LogP contribution in [0.1, 0.15) is 35.2 Å². The first kappa shape index (κ1) is 24.0. The summed E-state index contributed by atoms with van der Waals surface area (Å²) in [6, 6.07) is 18.5. The van der Waals surface area contributed by atoms with E-state index in [1.54, 1.807) is 51.1 Å². The molecular formula is C24H28N2O4S2. The number of sulfonamides is 2. The lowest BCUT2D eigenvalue weighted by molar-refractivity contribution is 0.566. The summed E-state index contributed by atoms with van der Waals surface area (Å²) >= 11 is 0. The molecule has 3 rings (SSSR count). The molecule has 0 fully saturated rings. The van der Waals surface area contributed by atoms with Crippen molar-refractivity contribution in [2.75, 3.05) is 11.4 Å². The molecule has 0 saturated heterocycles. The molecule has 0 amide bonds. The van der Waals surface area contributed by atoms with Crippen molar-refractivity contribution in [3.05, 3.63) is 89.0 Å². The summed E-state index contributed by atoms with van der Waals surface area (Å²) in [5.41, 5.74) is 3.17. The molecule has 3 aromatic rings. The van der Waals surface area contributed by atoms with Crippen LogP contribution in [-0.2, 0) is 20.0 Å². The van der Waals surface area contributed by atoms with Gasteiger partial charge in [0, 0.05) is 13.1 Å². The number of hydrogen-bond acceptors (Lipinski definition) is 4. The summed E-state index contributed by atoms with van der Waals surface area (Å²) in [6.45, 7) is 7.04. The number of nitrogens with one attached hydrogen (secondary N) is 1. The molecule has 0 saturated carbocycles. The van der Waals surface area contributed by atoms with Crippen molar-refractivity contribution < 1.29 is 16.8 Å². The molecule has 0 spiro atoms. The van der Waals surface area contributed by atoms with E-state index in [0.29, 0.717) is 16.8 Å². The van der Waals surface area contributed by atoms with Gasteiger partial charge in [0.05, 0.1) is 15.5 Å². The van der Waals surface area contributed by atoms with Crippen molar-refractivity contribution in [2.24, 2.45) is 0 Å². The Labute approximate surface area is 191 Å². The molecular weight excluding hydrogens is 444 g/mol. The fraction of sp³-hybridized carbons (Fsp3) is 0.250. The van der Waals surface area contributed by atoms with E-state index in [1.807, 2.05) is 37.3 Å². The highest BCUT2D eigenvalue weighted by molar-refractivity contribution is 7.92. The summed E-state index contributed by atoms with van der Waals surface area (Å²) in [5.74, 6) is 0. The maximum atomic E-state index is 13.2. The maximum absolute atomic E-state index is 13.2. The summed E-state index contributed by atoms with van der Waals surface area (Å²) in [5, 5.41) is 0. The molecule has 0 heterocycles. The highest BCUT2D eigenvalue weighted by Gasteiger charge is 2.28. The van der Waals surface area contributed by atoms with Gasteiger partial charge in [0.2, 0.25) is 10.0 Å². The molecule has 0 bridgehead atoms. The predicted octanol–water partition coefficient (Wildman–Crippen LogP) is 4.48. The SMILES string of the molecule is Cc1ccc(S(=O)(=O)N(C)c2c(C)ccc(S(=O)(=O)N[C@H](C)c3ccccc3)c2C)cc1. The van der Waals surface area contributed by atoms with Gasteiger partial charge in [0.15, 0.2) is 0 Å². The minimum absolute atomic E-state index is 0.0480. The van der Waals surface area contributed by atoms with E-state index in [4.69, 9.17) is 0 Å². The average Bonchev–Trinajstić information content (AvgIpc) is 2.74. The van der Waals surface area contributed by atoms with Crippen molar-refractivity contribution >= 4 is 25.7 Å². The Hall–Kier alpha value is -2.68. The zero-order chi connectivity index (χ0) is 23.7. The Bertz CT molecular complexity index is 1320. The Morgan fingerprint density at radius 1 is 0.812 bits per heavy atom. The van der Waals surface area contributed by atoms with E-state index < -0.39 is 26.1 Å².